The zero-order valence-corrected chi connectivity index (χ0v) is 7.69. The van der Waals surface area contributed by atoms with Gasteiger partial charge >= 0.3 is 5.90 Å². The molecule has 13 heavy (non-hydrogen) atoms. The molecule has 0 aliphatic carbocycles. The monoisotopic (exact) mass is 180 g/mol. The summed E-state index contributed by atoms with van der Waals surface area (Å²) in [5.41, 5.74) is 0. The molecule has 3 nitrogen and oxygen atoms in total. The number of nitrogens with two attached hydrogens (primary N) is 1. The first kappa shape index (κ1) is 9.58. The highest BCUT2D eigenvalue weighted by Crippen LogP contribution is 2.07. The van der Waals surface area contributed by atoms with Crippen molar-refractivity contribution in [1.29, 1.82) is 0 Å². The van der Waals surface area contributed by atoms with Crippen LogP contribution in [0.1, 0.15) is 6.92 Å². The van der Waals surface area contributed by atoms with E-state index in [9.17, 15) is 0 Å². The van der Waals surface area contributed by atoms with Crippen molar-refractivity contribution in [2.24, 2.45) is 0 Å². The number of rotatable bonds is 4. The van der Waals surface area contributed by atoms with Gasteiger partial charge in [0.15, 0.2) is 0 Å². The number of hydrogen-bond donors (Lipinski definition) is 1. The molecule has 2 N–H and O–H groups in total. The minimum atomic E-state index is 0.303. The van der Waals surface area contributed by atoms with Crippen molar-refractivity contribution in [3.63, 3.8) is 0 Å². The Bertz CT molecular complexity index is 259. The summed E-state index contributed by atoms with van der Waals surface area (Å²) in [5.74, 6) is 1.21. The fourth-order valence-corrected chi connectivity index (χ4v) is 0.898. The summed E-state index contributed by atoms with van der Waals surface area (Å²) in [6, 6.07) is 9.50. The summed E-state index contributed by atoms with van der Waals surface area (Å²) in [4.78, 5) is 0. The van der Waals surface area contributed by atoms with Gasteiger partial charge in [-0.2, -0.15) is 0 Å². The molecule has 0 aliphatic rings. The largest absolute Gasteiger partial charge is 0.479 e. The first-order valence-corrected chi connectivity index (χ1v) is 4.25. The van der Waals surface area contributed by atoms with Crippen molar-refractivity contribution >= 4 is 5.90 Å². The van der Waals surface area contributed by atoms with Crippen molar-refractivity contribution in [1.82, 2.24) is 0 Å². The van der Waals surface area contributed by atoms with Crippen LogP contribution >= 0.6 is 0 Å². The van der Waals surface area contributed by atoms with Crippen LogP contribution in [0.5, 0.6) is 5.75 Å². The Morgan fingerprint density at radius 1 is 1.31 bits per heavy atom. The molecule has 0 unspecified atom stereocenters. The molecule has 0 aromatic heterocycles. The molecule has 0 saturated heterocycles. The van der Waals surface area contributed by atoms with Crippen LogP contribution < -0.4 is 10.1 Å². The van der Waals surface area contributed by atoms with Gasteiger partial charge in [-0.25, -0.2) is 5.41 Å². The lowest BCUT2D eigenvalue weighted by molar-refractivity contribution is -0.145. The van der Waals surface area contributed by atoms with Crippen LogP contribution in [-0.4, -0.2) is 19.1 Å². The number of benzene rings is 1. The van der Waals surface area contributed by atoms with Gasteiger partial charge in [-0.3, -0.25) is 0 Å². The highest BCUT2D eigenvalue weighted by atomic mass is 16.5. The van der Waals surface area contributed by atoms with E-state index in [2.05, 4.69) is 0 Å². The molecule has 0 atom stereocenters. The molecule has 1 rings (SSSR count). The van der Waals surface area contributed by atoms with Gasteiger partial charge in [-0.05, 0) is 19.1 Å². The molecule has 0 heterocycles. The minimum Gasteiger partial charge on any atom is -0.479 e. The molecule has 0 bridgehead atoms. The standard InChI is InChI=1S/C10H13NO2/c1-2-12-10(11)8-13-9-6-4-3-5-7-9/h3-7,11H,2,8H2,1H3/p+1. The van der Waals surface area contributed by atoms with Gasteiger partial charge in [-0.1, -0.05) is 18.2 Å². The molecular formula is C10H14NO2+. The summed E-state index contributed by atoms with van der Waals surface area (Å²) in [6.45, 7) is 2.76. The lowest BCUT2D eigenvalue weighted by Crippen LogP contribution is -2.45. The Balaban J connectivity index is 2.31. The van der Waals surface area contributed by atoms with E-state index in [4.69, 9.17) is 14.9 Å². The molecule has 0 amide bonds. The van der Waals surface area contributed by atoms with E-state index < -0.39 is 0 Å². The zero-order chi connectivity index (χ0) is 9.52. The average Bonchev–Trinajstić information content (AvgIpc) is 2.17. The third kappa shape index (κ3) is 3.60. The molecule has 1 aromatic carbocycles. The van der Waals surface area contributed by atoms with E-state index >= 15 is 0 Å². The van der Waals surface area contributed by atoms with E-state index in [1.165, 1.54) is 0 Å². The molecule has 0 radical (unpaired) electrons. The zero-order valence-electron chi connectivity index (χ0n) is 7.69. The summed E-state index contributed by atoms with van der Waals surface area (Å²) in [7, 11) is 0. The molecular weight excluding hydrogens is 166 g/mol. The molecule has 70 valence electrons. The molecule has 3 heteroatoms. The summed E-state index contributed by atoms with van der Waals surface area (Å²) >= 11 is 0. The van der Waals surface area contributed by atoms with Crippen LogP contribution in [0, 0.1) is 0 Å². The fourth-order valence-electron chi connectivity index (χ4n) is 0.898. The smallest absolute Gasteiger partial charge is 0.372 e. The highest BCUT2D eigenvalue weighted by molar-refractivity contribution is 5.71. The highest BCUT2D eigenvalue weighted by Gasteiger charge is 2.03. The van der Waals surface area contributed by atoms with E-state index in [0.29, 0.717) is 19.1 Å². The van der Waals surface area contributed by atoms with Crippen molar-refractivity contribution in [2.75, 3.05) is 13.2 Å². The fraction of sp³-hybridized carbons (Fsp3) is 0.300. The number of para-hydroxylation sites is 1. The van der Waals surface area contributed by atoms with Gasteiger partial charge in [-0.15, -0.1) is 0 Å². The second-order valence-corrected chi connectivity index (χ2v) is 2.50. The Kier molecular flexibility index (Phi) is 3.82. The third-order valence-electron chi connectivity index (χ3n) is 1.45. The van der Waals surface area contributed by atoms with Gasteiger partial charge in [0.1, 0.15) is 5.75 Å². The maximum absolute atomic E-state index is 5.50. The van der Waals surface area contributed by atoms with Gasteiger partial charge in [0, 0.05) is 0 Å². The molecule has 0 spiro atoms. The van der Waals surface area contributed by atoms with Crippen LogP contribution in [0.25, 0.3) is 0 Å². The molecule has 0 fully saturated rings. The third-order valence-corrected chi connectivity index (χ3v) is 1.45. The number of hydrogen-bond acceptors (Lipinski definition) is 2. The Morgan fingerprint density at radius 2 is 2.00 bits per heavy atom. The topological polar surface area (TPSA) is 44.0 Å². The van der Waals surface area contributed by atoms with Crippen LogP contribution in [-0.2, 0) is 4.74 Å². The normalized spacial score (nSPS) is 9.31. The summed E-state index contributed by atoms with van der Waals surface area (Å²) < 4.78 is 10.4. The SMILES string of the molecule is CCOC(=[NH2+])COc1ccccc1. The first-order chi connectivity index (χ1) is 6.33. The molecule has 0 saturated carbocycles. The van der Waals surface area contributed by atoms with E-state index in [-0.39, 0.29) is 0 Å². The lowest BCUT2D eigenvalue weighted by atomic mass is 10.3. The summed E-state index contributed by atoms with van der Waals surface area (Å²) in [5, 5.41) is 5.50. The van der Waals surface area contributed by atoms with Crippen LogP contribution in [0.15, 0.2) is 30.3 Å². The Morgan fingerprint density at radius 3 is 2.62 bits per heavy atom. The second kappa shape index (κ2) is 5.19. The van der Waals surface area contributed by atoms with Gasteiger partial charge in [0.05, 0.1) is 6.61 Å². The molecule has 0 aliphatic heterocycles. The van der Waals surface area contributed by atoms with Crippen LogP contribution in [0.2, 0.25) is 0 Å². The second-order valence-electron chi connectivity index (χ2n) is 2.50. The van der Waals surface area contributed by atoms with E-state index in [1.807, 2.05) is 37.3 Å². The summed E-state index contributed by atoms with van der Waals surface area (Å²) in [6.07, 6.45) is 0. The maximum Gasteiger partial charge on any atom is 0.372 e. The lowest BCUT2D eigenvalue weighted by Gasteiger charge is -2.03. The number of ether oxygens (including phenoxy) is 2. The predicted octanol–water partition coefficient (Wildman–Crippen LogP) is 0.259. The first-order valence-electron chi connectivity index (χ1n) is 4.25. The van der Waals surface area contributed by atoms with Gasteiger partial charge in [0.25, 0.3) is 0 Å². The van der Waals surface area contributed by atoms with Crippen molar-refractivity contribution in [3.8, 4) is 5.75 Å². The molecule has 1 aromatic rings. The van der Waals surface area contributed by atoms with Gasteiger partial charge < -0.3 is 9.47 Å². The van der Waals surface area contributed by atoms with Crippen molar-refractivity contribution < 1.29 is 14.9 Å². The predicted molar refractivity (Wildman–Crippen MR) is 50.5 cm³/mol. The van der Waals surface area contributed by atoms with E-state index in [1.54, 1.807) is 0 Å². The van der Waals surface area contributed by atoms with E-state index in [0.717, 1.165) is 5.75 Å². The quantitative estimate of drug-likeness (QED) is 0.533. The maximum atomic E-state index is 5.50. The van der Waals surface area contributed by atoms with Crippen molar-refractivity contribution in [2.45, 2.75) is 6.92 Å². The Labute approximate surface area is 77.8 Å². The Hall–Kier alpha value is -1.51. The van der Waals surface area contributed by atoms with Crippen LogP contribution in [0.3, 0.4) is 0 Å². The minimum absolute atomic E-state index is 0.303. The van der Waals surface area contributed by atoms with Crippen molar-refractivity contribution in [3.05, 3.63) is 30.3 Å². The van der Waals surface area contributed by atoms with Gasteiger partial charge in [0.2, 0.25) is 6.61 Å². The average molecular weight is 180 g/mol. The van der Waals surface area contributed by atoms with Crippen LogP contribution in [0.4, 0.5) is 0 Å².